The van der Waals surface area contributed by atoms with Gasteiger partial charge in [0.2, 0.25) is 0 Å². The average Bonchev–Trinajstić information content (AvgIpc) is 2.73. The van der Waals surface area contributed by atoms with Crippen molar-refractivity contribution >= 4 is 11.8 Å². The number of aliphatic hydroxyl groups is 2. The van der Waals surface area contributed by atoms with Gasteiger partial charge in [0.05, 0.1) is 6.61 Å². The lowest BCUT2D eigenvalue weighted by molar-refractivity contribution is -0.137. The molecule has 0 bridgehead atoms. The van der Waals surface area contributed by atoms with Crippen LogP contribution in [0.1, 0.15) is 135 Å². The smallest absolute Gasteiger partial charge is 0.303 e. The first-order chi connectivity index (χ1) is 14.6. The molecule has 0 aromatic carbocycles. The van der Waals surface area contributed by atoms with Gasteiger partial charge in [0.1, 0.15) is 6.10 Å². The van der Waals surface area contributed by atoms with Crippen molar-refractivity contribution < 1.29 is 24.9 Å². The van der Waals surface area contributed by atoms with E-state index in [1.165, 1.54) is 89.9 Å². The van der Waals surface area contributed by atoms with Crippen LogP contribution in [0.2, 0.25) is 0 Å². The van der Waals surface area contributed by atoms with Gasteiger partial charge in [-0.1, -0.05) is 109 Å². The number of ketones is 1. The molecule has 0 saturated heterocycles. The summed E-state index contributed by atoms with van der Waals surface area (Å²) in [5.74, 6) is -0.906. The standard InChI is InChI=1S/C25H48O5/c26-22-24(28)23(27)20-18-16-14-12-10-8-6-4-2-1-3-5-7-9-11-13-15-17-19-21-25(29)30/h24,26,28H,1-22H2,(H,29,30). The molecule has 0 aromatic heterocycles. The molecule has 0 amide bonds. The number of carboxylic acid groups (broad SMARTS) is 1. The van der Waals surface area contributed by atoms with Gasteiger partial charge in [-0.15, -0.1) is 0 Å². The zero-order valence-corrected chi connectivity index (χ0v) is 19.3. The van der Waals surface area contributed by atoms with Crippen molar-refractivity contribution in [3.63, 3.8) is 0 Å². The fraction of sp³-hybridized carbons (Fsp3) is 0.920. The maximum absolute atomic E-state index is 11.4. The van der Waals surface area contributed by atoms with Crippen molar-refractivity contribution in [3.05, 3.63) is 0 Å². The SMILES string of the molecule is O=C(O)CCCCCCCCCCCCCCCCCCCCCC(=O)C(O)CO. The van der Waals surface area contributed by atoms with Gasteiger partial charge in [-0.2, -0.15) is 0 Å². The van der Waals surface area contributed by atoms with E-state index in [-0.39, 0.29) is 5.78 Å². The van der Waals surface area contributed by atoms with E-state index in [2.05, 4.69) is 0 Å². The molecule has 1 atom stereocenters. The first kappa shape index (κ1) is 29.1. The molecule has 0 saturated carbocycles. The number of hydrogen-bond donors (Lipinski definition) is 3. The van der Waals surface area contributed by atoms with E-state index < -0.39 is 18.7 Å². The third kappa shape index (κ3) is 21.8. The highest BCUT2D eigenvalue weighted by molar-refractivity contribution is 5.82. The summed E-state index contributed by atoms with van der Waals surface area (Å²) in [5.41, 5.74) is 0. The molecule has 0 aliphatic heterocycles. The summed E-state index contributed by atoms with van der Waals surface area (Å²) in [6.45, 7) is -0.461. The zero-order valence-electron chi connectivity index (χ0n) is 19.3. The van der Waals surface area contributed by atoms with Gasteiger partial charge in [-0.3, -0.25) is 9.59 Å². The molecule has 0 aliphatic rings. The number of carbonyl (C=O) groups excluding carboxylic acids is 1. The maximum Gasteiger partial charge on any atom is 0.303 e. The normalized spacial score (nSPS) is 12.2. The van der Waals surface area contributed by atoms with Crippen LogP contribution >= 0.6 is 0 Å². The fourth-order valence-corrected chi connectivity index (χ4v) is 3.85. The Bertz CT molecular complexity index is 397. The molecule has 30 heavy (non-hydrogen) atoms. The lowest BCUT2D eigenvalue weighted by Crippen LogP contribution is -2.23. The van der Waals surface area contributed by atoms with Gasteiger partial charge in [0, 0.05) is 12.8 Å². The highest BCUT2D eigenvalue weighted by atomic mass is 16.4. The summed E-state index contributed by atoms with van der Waals surface area (Å²) < 4.78 is 0. The molecule has 0 rings (SSSR count). The van der Waals surface area contributed by atoms with E-state index in [0.29, 0.717) is 12.8 Å². The van der Waals surface area contributed by atoms with Crippen LogP contribution < -0.4 is 0 Å². The molecule has 5 nitrogen and oxygen atoms in total. The van der Waals surface area contributed by atoms with E-state index in [0.717, 1.165) is 32.1 Å². The Kier molecular flexibility index (Phi) is 22.0. The van der Waals surface area contributed by atoms with Crippen molar-refractivity contribution in [1.29, 1.82) is 0 Å². The molecule has 0 aliphatic carbocycles. The van der Waals surface area contributed by atoms with Crippen LogP contribution in [-0.4, -0.2) is 39.8 Å². The molecule has 178 valence electrons. The van der Waals surface area contributed by atoms with Crippen molar-refractivity contribution in [2.45, 2.75) is 141 Å². The number of rotatable bonds is 24. The molecular weight excluding hydrogens is 380 g/mol. The number of hydrogen-bond acceptors (Lipinski definition) is 4. The Morgan fingerprint density at radius 3 is 1.03 bits per heavy atom. The van der Waals surface area contributed by atoms with Crippen LogP contribution in [0.15, 0.2) is 0 Å². The molecule has 0 radical (unpaired) electrons. The second-order valence-corrected chi connectivity index (χ2v) is 8.78. The van der Waals surface area contributed by atoms with Gasteiger partial charge < -0.3 is 15.3 Å². The molecule has 0 heterocycles. The molecule has 0 spiro atoms. The van der Waals surface area contributed by atoms with E-state index >= 15 is 0 Å². The van der Waals surface area contributed by atoms with Crippen LogP contribution in [0.25, 0.3) is 0 Å². The van der Waals surface area contributed by atoms with Crippen LogP contribution in [0.3, 0.4) is 0 Å². The molecule has 1 unspecified atom stereocenters. The Hall–Kier alpha value is -0.940. The number of aliphatic carboxylic acids is 1. The first-order valence-electron chi connectivity index (χ1n) is 12.6. The second-order valence-electron chi connectivity index (χ2n) is 8.78. The number of carbonyl (C=O) groups is 2. The predicted octanol–water partition coefficient (Wildman–Crippen LogP) is 6.19. The average molecular weight is 429 g/mol. The summed E-state index contributed by atoms with van der Waals surface area (Å²) >= 11 is 0. The maximum atomic E-state index is 11.4. The topological polar surface area (TPSA) is 94.8 Å². The summed E-state index contributed by atoms with van der Waals surface area (Å²) in [6.07, 6.45) is 22.8. The van der Waals surface area contributed by atoms with Crippen molar-refractivity contribution in [2.24, 2.45) is 0 Å². The summed E-state index contributed by atoms with van der Waals surface area (Å²) in [6, 6.07) is 0. The van der Waals surface area contributed by atoms with Gasteiger partial charge in [0.15, 0.2) is 5.78 Å². The second kappa shape index (κ2) is 22.7. The van der Waals surface area contributed by atoms with Crippen LogP contribution in [0.4, 0.5) is 0 Å². The molecule has 0 aromatic rings. The van der Waals surface area contributed by atoms with Gasteiger partial charge in [0.25, 0.3) is 0 Å². The quantitative estimate of drug-likeness (QED) is 0.159. The van der Waals surface area contributed by atoms with Gasteiger partial charge in [-0.25, -0.2) is 0 Å². The lowest BCUT2D eigenvalue weighted by Gasteiger charge is -2.06. The van der Waals surface area contributed by atoms with Gasteiger partial charge in [-0.05, 0) is 12.8 Å². The highest BCUT2D eigenvalue weighted by Gasteiger charge is 2.12. The minimum Gasteiger partial charge on any atom is -0.481 e. The molecular formula is C25H48O5. The number of unbranched alkanes of at least 4 members (excludes halogenated alkanes) is 18. The highest BCUT2D eigenvalue weighted by Crippen LogP contribution is 2.15. The van der Waals surface area contributed by atoms with Crippen molar-refractivity contribution in [3.8, 4) is 0 Å². The first-order valence-corrected chi connectivity index (χ1v) is 12.6. The minimum atomic E-state index is -1.18. The van der Waals surface area contributed by atoms with E-state index in [4.69, 9.17) is 10.2 Å². The third-order valence-electron chi connectivity index (χ3n) is 5.86. The largest absolute Gasteiger partial charge is 0.481 e. The summed E-state index contributed by atoms with van der Waals surface area (Å²) in [7, 11) is 0. The van der Waals surface area contributed by atoms with E-state index in [1.54, 1.807) is 0 Å². The fourth-order valence-electron chi connectivity index (χ4n) is 3.85. The monoisotopic (exact) mass is 428 g/mol. The molecule has 3 N–H and O–H groups in total. The number of aliphatic hydroxyl groups excluding tert-OH is 2. The Labute approximate surface area is 184 Å². The summed E-state index contributed by atoms with van der Waals surface area (Å²) in [5, 5.41) is 26.5. The lowest BCUT2D eigenvalue weighted by atomic mass is 10.0. The van der Waals surface area contributed by atoms with Crippen molar-refractivity contribution in [1.82, 2.24) is 0 Å². The Balaban J connectivity index is 3.10. The van der Waals surface area contributed by atoms with Crippen molar-refractivity contribution in [2.75, 3.05) is 6.61 Å². The summed E-state index contributed by atoms with van der Waals surface area (Å²) in [4.78, 5) is 21.8. The third-order valence-corrected chi connectivity index (χ3v) is 5.86. The minimum absolute atomic E-state index is 0.234. The Morgan fingerprint density at radius 1 is 0.500 bits per heavy atom. The van der Waals surface area contributed by atoms with Gasteiger partial charge >= 0.3 is 5.97 Å². The Morgan fingerprint density at radius 2 is 0.767 bits per heavy atom. The zero-order chi connectivity index (χ0) is 22.3. The molecule has 0 fully saturated rings. The predicted molar refractivity (Wildman–Crippen MR) is 123 cm³/mol. The molecule has 5 heteroatoms. The van der Waals surface area contributed by atoms with Crippen LogP contribution in [0, 0.1) is 0 Å². The van der Waals surface area contributed by atoms with Crippen LogP contribution in [-0.2, 0) is 9.59 Å². The van der Waals surface area contributed by atoms with E-state index in [1.807, 2.05) is 0 Å². The number of carboxylic acids is 1. The number of Topliss-reactive ketones (excluding diaryl/α,β-unsaturated/α-hetero) is 1. The van der Waals surface area contributed by atoms with E-state index in [9.17, 15) is 14.7 Å². The van der Waals surface area contributed by atoms with Crippen LogP contribution in [0.5, 0.6) is 0 Å².